The van der Waals surface area contributed by atoms with E-state index < -0.39 is 0 Å². The number of H-pyrrole nitrogens is 2. The Kier molecular flexibility index (Phi) is 5.77. The summed E-state index contributed by atoms with van der Waals surface area (Å²) in [7, 11) is 0. The number of nitrogens with one attached hydrogen (secondary N) is 3. The standard InChI is InChI=1S/C29H32FN5/c1-17-3-5-22(13-17)28-31-15-26(34-28)20-8-6-19(7-9-20)21-10-11-23(24(30)14-21)27-16-32-29(35-27)25-12-4-18(2)33-25/h6-11,14-18,22,25,33H,3-5,12-13H2,1-2H3,(H,31,34)(H,32,35)/t17-,18-,22+,25-/m0/s1. The van der Waals surface area contributed by atoms with Gasteiger partial charge in [-0.1, -0.05) is 37.3 Å². The van der Waals surface area contributed by atoms with E-state index >= 15 is 4.39 Å². The molecule has 180 valence electrons. The Hall–Kier alpha value is -3.25. The fraction of sp³-hybridized carbons (Fsp3) is 0.379. The van der Waals surface area contributed by atoms with Crippen LogP contribution < -0.4 is 5.32 Å². The Morgan fingerprint density at radius 1 is 0.771 bits per heavy atom. The molecule has 6 heteroatoms. The lowest BCUT2D eigenvalue weighted by Gasteiger charge is -2.09. The van der Waals surface area contributed by atoms with Gasteiger partial charge in [-0.3, -0.25) is 0 Å². The van der Waals surface area contributed by atoms with Crippen LogP contribution in [0.5, 0.6) is 0 Å². The topological polar surface area (TPSA) is 69.4 Å². The number of rotatable bonds is 5. The molecule has 2 aromatic heterocycles. The van der Waals surface area contributed by atoms with E-state index in [9.17, 15) is 0 Å². The summed E-state index contributed by atoms with van der Waals surface area (Å²) in [5.41, 5.74) is 5.23. The van der Waals surface area contributed by atoms with Crippen molar-refractivity contribution in [2.45, 2.75) is 64.0 Å². The lowest BCUT2D eigenvalue weighted by atomic mass is 10.0. The number of aromatic amines is 2. The van der Waals surface area contributed by atoms with Crippen molar-refractivity contribution in [3.05, 3.63) is 72.3 Å². The van der Waals surface area contributed by atoms with Gasteiger partial charge in [-0.05, 0) is 73.8 Å². The van der Waals surface area contributed by atoms with E-state index in [1.165, 1.54) is 19.3 Å². The molecular formula is C29H32FN5. The number of nitrogens with zero attached hydrogens (tertiary/aromatic N) is 2. The zero-order valence-corrected chi connectivity index (χ0v) is 20.3. The van der Waals surface area contributed by atoms with Gasteiger partial charge in [0.25, 0.3) is 0 Å². The zero-order valence-electron chi connectivity index (χ0n) is 20.3. The van der Waals surface area contributed by atoms with Gasteiger partial charge in [-0.15, -0.1) is 0 Å². The molecule has 35 heavy (non-hydrogen) atoms. The molecule has 0 radical (unpaired) electrons. The first-order chi connectivity index (χ1) is 17.0. The molecule has 6 rings (SSSR count). The molecule has 3 heterocycles. The lowest BCUT2D eigenvalue weighted by Crippen LogP contribution is -2.21. The van der Waals surface area contributed by atoms with Crippen LogP contribution in [0, 0.1) is 11.7 Å². The molecule has 3 N–H and O–H groups in total. The summed E-state index contributed by atoms with van der Waals surface area (Å²) in [4.78, 5) is 16.0. The van der Waals surface area contributed by atoms with Gasteiger partial charge in [0.15, 0.2) is 0 Å². The third kappa shape index (κ3) is 4.43. The highest BCUT2D eigenvalue weighted by Gasteiger charge is 2.26. The van der Waals surface area contributed by atoms with Crippen LogP contribution >= 0.6 is 0 Å². The largest absolute Gasteiger partial charge is 0.342 e. The molecule has 4 atom stereocenters. The second kappa shape index (κ2) is 9.08. The highest BCUT2D eigenvalue weighted by Crippen LogP contribution is 2.37. The predicted octanol–water partition coefficient (Wildman–Crippen LogP) is 6.99. The predicted molar refractivity (Wildman–Crippen MR) is 137 cm³/mol. The van der Waals surface area contributed by atoms with Crippen LogP contribution in [0.15, 0.2) is 54.9 Å². The average molecular weight is 470 g/mol. The van der Waals surface area contributed by atoms with Crippen LogP contribution in [-0.4, -0.2) is 26.0 Å². The second-order valence-corrected chi connectivity index (χ2v) is 10.4. The smallest absolute Gasteiger partial charge is 0.133 e. The van der Waals surface area contributed by atoms with Crippen LogP contribution in [0.4, 0.5) is 4.39 Å². The van der Waals surface area contributed by atoms with Crippen molar-refractivity contribution in [1.82, 2.24) is 25.3 Å². The molecule has 0 spiro atoms. The quantitative estimate of drug-likeness (QED) is 0.295. The molecule has 4 aromatic rings. The first-order valence-electron chi connectivity index (χ1n) is 12.8. The van der Waals surface area contributed by atoms with Crippen LogP contribution in [0.2, 0.25) is 0 Å². The van der Waals surface area contributed by atoms with Crippen molar-refractivity contribution in [2.75, 3.05) is 0 Å². The monoisotopic (exact) mass is 469 g/mol. The van der Waals surface area contributed by atoms with Crippen molar-refractivity contribution in [2.24, 2.45) is 5.92 Å². The molecule has 1 aliphatic heterocycles. The number of hydrogen-bond acceptors (Lipinski definition) is 3. The summed E-state index contributed by atoms with van der Waals surface area (Å²) >= 11 is 0. The summed E-state index contributed by atoms with van der Waals surface area (Å²) < 4.78 is 15.1. The Labute approximate surface area is 205 Å². The summed E-state index contributed by atoms with van der Waals surface area (Å²) in [6.07, 6.45) is 9.55. The molecule has 1 aliphatic carbocycles. The fourth-order valence-corrected chi connectivity index (χ4v) is 5.69. The summed E-state index contributed by atoms with van der Waals surface area (Å²) in [5.74, 6) is 3.06. The molecule has 0 unspecified atom stereocenters. The Morgan fingerprint density at radius 2 is 1.49 bits per heavy atom. The van der Waals surface area contributed by atoms with Gasteiger partial charge >= 0.3 is 0 Å². The number of imidazole rings is 2. The van der Waals surface area contributed by atoms with Gasteiger partial charge in [0.1, 0.15) is 17.5 Å². The van der Waals surface area contributed by atoms with E-state index in [2.05, 4.69) is 51.2 Å². The molecule has 1 saturated heterocycles. The zero-order chi connectivity index (χ0) is 23.9. The van der Waals surface area contributed by atoms with E-state index in [0.29, 0.717) is 23.2 Å². The second-order valence-electron chi connectivity index (χ2n) is 10.4. The Bertz CT molecular complexity index is 1320. The van der Waals surface area contributed by atoms with E-state index in [4.69, 9.17) is 0 Å². The van der Waals surface area contributed by atoms with Crippen LogP contribution in [0.3, 0.4) is 0 Å². The molecule has 0 bridgehead atoms. The summed E-state index contributed by atoms with van der Waals surface area (Å²) in [6.45, 7) is 4.50. The third-order valence-electron chi connectivity index (χ3n) is 7.77. The highest BCUT2D eigenvalue weighted by molar-refractivity contribution is 5.72. The molecule has 5 nitrogen and oxygen atoms in total. The van der Waals surface area contributed by atoms with Gasteiger partial charge < -0.3 is 15.3 Å². The maximum Gasteiger partial charge on any atom is 0.133 e. The van der Waals surface area contributed by atoms with E-state index in [-0.39, 0.29) is 11.9 Å². The van der Waals surface area contributed by atoms with Gasteiger partial charge in [0.05, 0.1) is 29.8 Å². The molecule has 0 amide bonds. The number of aromatic nitrogens is 4. The van der Waals surface area contributed by atoms with Crippen LogP contribution in [-0.2, 0) is 0 Å². The SMILES string of the molecule is C[C@H]1CC[C@@H](c2ncc(-c3ccc(-c4ccc(-c5cnc([C@@H]6CC[C@H](C)N6)[nH]5)c(F)c4)cc3)[nH]2)C1. The van der Waals surface area contributed by atoms with Crippen molar-refractivity contribution < 1.29 is 4.39 Å². The minimum absolute atomic E-state index is 0.215. The van der Waals surface area contributed by atoms with Crippen molar-refractivity contribution in [3.8, 4) is 33.6 Å². The minimum Gasteiger partial charge on any atom is -0.342 e. The maximum atomic E-state index is 15.1. The van der Waals surface area contributed by atoms with E-state index in [0.717, 1.165) is 52.8 Å². The Balaban J connectivity index is 1.18. The molecular weight excluding hydrogens is 437 g/mol. The minimum atomic E-state index is -0.251. The van der Waals surface area contributed by atoms with Crippen molar-refractivity contribution >= 4 is 0 Å². The van der Waals surface area contributed by atoms with Crippen LogP contribution in [0.25, 0.3) is 33.6 Å². The number of hydrogen-bond donors (Lipinski definition) is 3. The first-order valence-corrected chi connectivity index (χ1v) is 12.8. The summed E-state index contributed by atoms with van der Waals surface area (Å²) in [6, 6.07) is 14.4. The van der Waals surface area contributed by atoms with Crippen molar-refractivity contribution in [1.29, 1.82) is 0 Å². The first kappa shape index (κ1) is 22.2. The van der Waals surface area contributed by atoms with Crippen molar-refractivity contribution in [3.63, 3.8) is 0 Å². The van der Waals surface area contributed by atoms with Crippen LogP contribution in [0.1, 0.15) is 69.6 Å². The lowest BCUT2D eigenvalue weighted by molar-refractivity contribution is 0.564. The highest BCUT2D eigenvalue weighted by atomic mass is 19.1. The summed E-state index contributed by atoms with van der Waals surface area (Å²) in [5, 5.41) is 3.52. The van der Waals surface area contributed by atoms with Gasteiger partial charge in [0, 0.05) is 17.5 Å². The molecule has 2 aromatic carbocycles. The van der Waals surface area contributed by atoms with Gasteiger partial charge in [0.2, 0.25) is 0 Å². The number of benzene rings is 2. The molecule has 2 aliphatic rings. The van der Waals surface area contributed by atoms with Gasteiger partial charge in [-0.25, -0.2) is 14.4 Å². The van der Waals surface area contributed by atoms with E-state index in [1.807, 2.05) is 30.5 Å². The molecule has 1 saturated carbocycles. The maximum absolute atomic E-state index is 15.1. The van der Waals surface area contributed by atoms with Gasteiger partial charge in [-0.2, -0.15) is 0 Å². The Morgan fingerprint density at radius 3 is 2.20 bits per heavy atom. The molecule has 2 fully saturated rings. The number of halogens is 1. The fourth-order valence-electron chi connectivity index (χ4n) is 5.69. The average Bonchev–Trinajstić information content (AvgIpc) is 3.66. The van der Waals surface area contributed by atoms with E-state index in [1.54, 1.807) is 12.3 Å². The normalized spacial score (nSPS) is 24.3. The third-order valence-corrected chi connectivity index (χ3v) is 7.77.